The van der Waals surface area contributed by atoms with Crippen LogP contribution in [0.4, 0.5) is 5.69 Å². The number of hydrogen-bond acceptors (Lipinski definition) is 3. The van der Waals surface area contributed by atoms with E-state index < -0.39 is 0 Å². The molecule has 0 radical (unpaired) electrons. The predicted molar refractivity (Wildman–Crippen MR) is 108 cm³/mol. The molecule has 0 bridgehead atoms. The number of rotatable bonds is 4. The van der Waals surface area contributed by atoms with Crippen LogP contribution in [0.2, 0.25) is 5.02 Å². The van der Waals surface area contributed by atoms with Crippen molar-refractivity contribution in [3.8, 4) is 0 Å². The van der Waals surface area contributed by atoms with Crippen LogP contribution in [-0.2, 0) is 16.1 Å². The van der Waals surface area contributed by atoms with Gasteiger partial charge in [-0.15, -0.1) is 0 Å². The number of para-hydroxylation sites is 1. The number of ether oxygens (including phenoxy) is 1. The van der Waals surface area contributed by atoms with Gasteiger partial charge in [0.2, 0.25) is 5.91 Å². The molecular weight excluding hydrogens is 362 g/mol. The Morgan fingerprint density at radius 1 is 1.11 bits per heavy atom. The minimum absolute atomic E-state index is 0.111. The summed E-state index contributed by atoms with van der Waals surface area (Å²) < 4.78 is 7.33. The molecule has 1 fully saturated rings. The molecule has 0 unspecified atom stereocenters. The molecule has 4 rings (SSSR count). The van der Waals surface area contributed by atoms with Gasteiger partial charge in [0.1, 0.15) is 6.54 Å². The highest BCUT2D eigenvalue weighted by Gasteiger charge is 2.18. The Kier molecular flexibility index (Phi) is 5.23. The number of aromatic nitrogens is 1. The van der Waals surface area contributed by atoms with E-state index in [4.69, 9.17) is 16.3 Å². The lowest BCUT2D eigenvalue weighted by molar-refractivity contribution is -0.135. The molecule has 1 aromatic heterocycles. The topological polar surface area (TPSA) is 46.8 Å². The number of carbonyl (C=O) groups is 1. The third-order valence-corrected chi connectivity index (χ3v) is 4.92. The maximum Gasteiger partial charge on any atom is 0.242 e. The molecule has 5 nitrogen and oxygen atoms in total. The summed E-state index contributed by atoms with van der Waals surface area (Å²) in [5.41, 5.74) is 2.84. The molecule has 138 valence electrons. The molecule has 1 saturated heterocycles. The molecule has 0 saturated carbocycles. The summed E-state index contributed by atoms with van der Waals surface area (Å²) >= 11 is 5.92. The molecule has 1 aliphatic heterocycles. The Hall–Kier alpha value is -2.63. The van der Waals surface area contributed by atoms with E-state index in [9.17, 15) is 4.79 Å². The van der Waals surface area contributed by atoms with E-state index in [1.165, 1.54) is 0 Å². The lowest BCUT2D eigenvalue weighted by Gasteiger charge is -2.27. The number of morpholine rings is 1. The van der Waals surface area contributed by atoms with Crippen molar-refractivity contribution in [3.63, 3.8) is 0 Å². The Balaban J connectivity index is 1.60. The molecule has 2 aromatic carbocycles. The van der Waals surface area contributed by atoms with E-state index in [2.05, 4.69) is 4.99 Å². The van der Waals surface area contributed by atoms with Crippen molar-refractivity contribution in [3.05, 3.63) is 65.3 Å². The lowest BCUT2D eigenvalue weighted by atomic mass is 10.2. The molecule has 1 amide bonds. The van der Waals surface area contributed by atoms with Crippen molar-refractivity contribution in [1.29, 1.82) is 0 Å². The first-order valence-electron chi connectivity index (χ1n) is 8.94. The van der Waals surface area contributed by atoms with Crippen LogP contribution in [0.3, 0.4) is 0 Å². The first kappa shape index (κ1) is 17.8. The summed E-state index contributed by atoms with van der Waals surface area (Å²) in [6, 6.07) is 15.4. The molecule has 0 N–H and O–H groups in total. The molecular formula is C21H20ClN3O2. The second-order valence-corrected chi connectivity index (χ2v) is 6.89. The highest BCUT2D eigenvalue weighted by molar-refractivity contribution is 6.30. The fourth-order valence-electron chi connectivity index (χ4n) is 3.24. The molecule has 0 aliphatic carbocycles. The first-order valence-corrected chi connectivity index (χ1v) is 9.31. The average molecular weight is 382 g/mol. The van der Waals surface area contributed by atoms with Crippen LogP contribution in [0.5, 0.6) is 0 Å². The number of carbonyl (C=O) groups excluding carboxylic acids is 1. The van der Waals surface area contributed by atoms with Crippen molar-refractivity contribution in [1.82, 2.24) is 9.47 Å². The van der Waals surface area contributed by atoms with Gasteiger partial charge in [0.25, 0.3) is 0 Å². The zero-order chi connectivity index (χ0) is 18.6. The van der Waals surface area contributed by atoms with E-state index in [0.717, 1.165) is 22.2 Å². The minimum atomic E-state index is 0.111. The minimum Gasteiger partial charge on any atom is -0.378 e. The SMILES string of the molecule is O=C(Cn1cc(C=Nc2ccc(Cl)cc2)c2ccccc21)N1CCOCC1. The van der Waals surface area contributed by atoms with Gasteiger partial charge in [-0.25, -0.2) is 0 Å². The number of fused-ring (bicyclic) bond motifs is 1. The second kappa shape index (κ2) is 7.94. The van der Waals surface area contributed by atoms with E-state index in [1.807, 2.05) is 70.4 Å². The molecule has 27 heavy (non-hydrogen) atoms. The van der Waals surface area contributed by atoms with Crippen molar-refractivity contribution < 1.29 is 9.53 Å². The van der Waals surface area contributed by atoms with E-state index >= 15 is 0 Å². The van der Waals surface area contributed by atoms with Gasteiger partial charge in [-0.2, -0.15) is 0 Å². The fourth-order valence-corrected chi connectivity index (χ4v) is 3.36. The highest BCUT2D eigenvalue weighted by Crippen LogP contribution is 2.22. The summed E-state index contributed by atoms with van der Waals surface area (Å²) in [7, 11) is 0. The van der Waals surface area contributed by atoms with Crippen LogP contribution in [0.15, 0.2) is 59.7 Å². The van der Waals surface area contributed by atoms with E-state index in [-0.39, 0.29) is 5.91 Å². The zero-order valence-electron chi connectivity index (χ0n) is 14.8. The van der Waals surface area contributed by atoms with Crippen LogP contribution in [0, 0.1) is 0 Å². The standard InChI is InChI=1S/C21H20ClN3O2/c22-17-5-7-18(8-6-17)23-13-16-14-25(20-4-2-1-3-19(16)20)15-21(26)24-9-11-27-12-10-24/h1-8,13-14H,9-12,15H2. The van der Waals surface area contributed by atoms with Crippen molar-refractivity contribution in [2.24, 2.45) is 4.99 Å². The van der Waals surface area contributed by atoms with Crippen LogP contribution in [0.25, 0.3) is 10.9 Å². The Bertz CT molecular complexity index is 973. The van der Waals surface area contributed by atoms with Gasteiger partial charge < -0.3 is 14.2 Å². The van der Waals surface area contributed by atoms with Crippen LogP contribution < -0.4 is 0 Å². The Labute approximate surface area is 162 Å². The maximum absolute atomic E-state index is 12.6. The normalized spacial score (nSPS) is 14.9. The third-order valence-electron chi connectivity index (χ3n) is 4.67. The largest absolute Gasteiger partial charge is 0.378 e. The monoisotopic (exact) mass is 381 g/mol. The fraction of sp³-hybridized carbons (Fsp3) is 0.238. The molecule has 1 aliphatic rings. The van der Waals surface area contributed by atoms with Crippen LogP contribution in [0.1, 0.15) is 5.56 Å². The number of nitrogens with zero attached hydrogens (tertiary/aromatic N) is 3. The van der Waals surface area contributed by atoms with Gasteiger partial charge in [-0.3, -0.25) is 9.79 Å². The van der Waals surface area contributed by atoms with Gasteiger partial charge in [0.15, 0.2) is 0 Å². The van der Waals surface area contributed by atoms with Gasteiger partial charge >= 0.3 is 0 Å². The summed E-state index contributed by atoms with van der Waals surface area (Å²) in [5.74, 6) is 0.111. The molecule has 0 spiro atoms. The van der Waals surface area contributed by atoms with Crippen molar-refractivity contribution in [2.45, 2.75) is 6.54 Å². The number of amides is 1. The summed E-state index contributed by atoms with van der Waals surface area (Å²) in [6.45, 7) is 2.84. The second-order valence-electron chi connectivity index (χ2n) is 6.46. The van der Waals surface area contributed by atoms with Gasteiger partial charge in [-0.05, 0) is 30.3 Å². The van der Waals surface area contributed by atoms with Crippen LogP contribution >= 0.6 is 11.6 Å². The summed E-state index contributed by atoms with van der Waals surface area (Å²) in [5, 5.41) is 1.76. The summed E-state index contributed by atoms with van der Waals surface area (Å²) in [6.07, 6.45) is 3.82. The smallest absolute Gasteiger partial charge is 0.242 e. The van der Waals surface area contributed by atoms with Gasteiger partial charge in [-0.1, -0.05) is 29.8 Å². The molecule has 3 aromatic rings. The number of aliphatic imine (C=N–C) groups is 1. The Morgan fingerprint density at radius 3 is 2.63 bits per heavy atom. The van der Waals surface area contributed by atoms with Gasteiger partial charge in [0, 0.05) is 47.0 Å². The molecule has 2 heterocycles. The average Bonchev–Trinajstić information content (AvgIpc) is 3.06. The number of hydrogen-bond donors (Lipinski definition) is 0. The molecule has 6 heteroatoms. The van der Waals surface area contributed by atoms with Crippen LogP contribution in [-0.4, -0.2) is 47.9 Å². The zero-order valence-corrected chi connectivity index (χ0v) is 15.6. The predicted octanol–water partition coefficient (Wildman–Crippen LogP) is 3.90. The maximum atomic E-state index is 12.6. The van der Waals surface area contributed by atoms with Crippen molar-refractivity contribution >= 4 is 40.3 Å². The van der Waals surface area contributed by atoms with Gasteiger partial charge in [0.05, 0.1) is 18.9 Å². The van der Waals surface area contributed by atoms with E-state index in [0.29, 0.717) is 37.9 Å². The highest BCUT2D eigenvalue weighted by atomic mass is 35.5. The molecule has 0 atom stereocenters. The lowest BCUT2D eigenvalue weighted by Crippen LogP contribution is -2.42. The third kappa shape index (κ3) is 4.04. The quantitative estimate of drug-likeness (QED) is 0.643. The Morgan fingerprint density at radius 2 is 1.85 bits per heavy atom. The number of benzene rings is 2. The summed E-state index contributed by atoms with van der Waals surface area (Å²) in [4.78, 5) is 19.0. The number of halogens is 1. The van der Waals surface area contributed by atoms with Crippen molar-refractivity contribution in [2.75, 3.05) is 26.3 Å². The first-order chi connectivity index (χ1) is 13.2. The van der Waals surface area contributed by atoms with E-state index in [1.54, 1.807) is 0 Å².